The van der Waals surface area contributed by atoms with Gasteiger partial charge in [0.25, 0.3) is 5.91 Å². The van der Waals surface area contributed by atoms with Gasteiger partial charge in [0.1, 0.15) is 5.75 Å². The van der Waals surface area contributed by atoms with Crippen molar-refractivity contribution in [2.24, 2.45) is 4.99 Å². The molecule has 1 aromatic heterocycles. The molecule has 1 atom stereocenters. The Kier molecular flexibility index (Phi) is 9.34. The van der Waals surface area contributed by atoms with Crippen molar-refractivity contribution in [3.63, 3.8) is 0 Å². The molecule has 2 rings (SSSR count). The van der Waals surface area contributed by atoms with Crippen molar-refractivity contribution in [1.29, 1.82) is 0 Å². The number of hydrogen-bond donors (Lipinski definition) is 3. The highest BCUT2D eigenvalue weighted by Crippen LogP contribution is 2.17. The zero-order valence-corrected chi connectivity index (χ0v) is 17.6. The monoisotopic (exact) mass is 402 g/mol. The van der Waals surface area contributed by atoms with Crippen molar-refractivity contribution >= 4 is 23.2 Å². The van der Waals surface area contributed by atoms with Crippen LogP contribution in [-0.2, 0) is 11.3 Å². The summed E-state index contributed by atoms with van der Waals surface area (Å²) in [6.07, 6.45) is 0. The van der Waals surface area contributed by atoms with Crippen molar-refractivity contribution in [2.75, 3.05) is 26.2 Å². The smallest absolute Gasteiger partial charge is 0.257 e. The molecule has 7 heteroatoms. The van der Waals surface area contributed by atoms with Crippen LogP contribution in [0.2, 0.25) is 0 Å². The van der Waals surface area contributed by atoms with Crippen molar-refractivity contribution in [1.82, 2.24) is 16.0 Å². The SMILES string of the molecule is CCNC(=O)COc1cccc(CN=C(NCC)NCC(C)c2ccsc2)c1. The lowest BCUT2D eigenvalue weighted by molar-refractivity contribution is -0.122. The minimum atomic E-state index is -0.121. The Morgan fingerprint density at radius 1 is 1.18 bits per heavy atom. The fourth-order valence-electron chi connectivity index (χ4n) is 2.57. The van der Waals surface area contributed by atoms with E-state index in [2.05, 4.69) is 51.6 Å². The topological polar surface area (TPSA) is 74.8 Å². The lowest BCUT2D eigenvalue weighted by Gasteiger charge is -2.15. The minimum Gasteiger partial charge on any atom is -0.484 e. The fraction of sp³-hybridized carbons (Fsp3) is 0.429. The van der Waals surface area contributed by atoms with E-state index in [1.807, 2.05) is 31.2 Å². The summed E-state index contributed by atoms with van der Waals surface area (Å²) in [6.45, 7) is 8.90. The number of amides is 1. The van der Waals surface area contributed by atoms with Crippen LogP contribution < -0.4 is 20.7 Å². The lowest BCUT2D eigenvalue weighted by Crippen LogP contribution is -2.39. The van der Waals surface area contributed by atoms with Crippen molar-refractivity contribution < 1.29 is 9.53 Å². The summed E-state index contributed by atoms with van der Waals surface area (Å²) in [5, 5.41) is 13.7. The molecule has 0 aliphatic carbocycles. The molecule has 28 heavy (non-hydrogen) atoms. The molecule has 1 aromatic carbocycles. The quantitative estimate of drug-likeness (QED) is 0.422. The Balaban J connectivity index is 1.90. The molecule has 0 fully saturated rings. The number of hydrogen-bond acceptors (Lipinski definition) is 4. The van der Waals surface area contributed by atoms with Gasteiger partial charge in [-0.3, -0.25) is 4.79 Å². The standard InChI is InChI=1S/C21H30N4O2S/c1-4-22-20(26)14-27-19-8-6-7-17(11-19)13-25-21(23-5-2)24-12-16(3)18-9-10-28-15-18/h6-11,15-16H,4-5,12-14H2,1-3H3,(H,22,26)(H2,23,24,25). The van der Waals surface area contributed by atoms with Crippen LogP contribution in [0.4, 0.5) is 0 Å². The number of likely N-dealkylation sites (N-methyl/N-ethyl adjacent to an activating group) is 1. The molecule has 2 aromatic rings. The van der Waals surface area contributed by atoms with Gasteiger partial charge in [-0.25, -0.2) is 4.99 Å². The molecule has 0 aliphatic rings. The van der Waals surface area contributed by atoms with Gasteiger partial charge >= 0.3 is 0 Å². The van der Waals surface area contributed by atoms with E-state index in [4.69, 9.17) is 4.74 Å². The van der Waals surface area contributed by atoms with Gasteiger partial charge in [0.15, 0.2) is 12.6 Å². The van der Waals surface area contributed by atoms with Crippen LogP contribution in [0.15, 0.2) is 46.1 Å². The van der Waals surface area contributed by atoms with E-state index in [0.717, 1.165) is 24.6 Å². The maximum absolute atomic E-state index is 11.5. The summed E-state index contributed by atoms with van der Waals surface area (Å²) in [7, 11) is 0. The molecule has 0 radical (unpaired) electrons. The lowest BCUT2D eigenvalue weighted by atomic mass is 10.1. The van der Waals surface area contributed by atoms with Crippen LogP contribution in [0.1, 0.15) is 37.8 Å². The normalized spacial score (nSPS) is 12.3. The van der Waals surface area contributed by atoms with E-state index in [9.17, 15) is 4.79 Å². The van der Waals surface area contributed by atoms with Crippen LogP contribution in [0.5, 0.6) is 5.75 Å². The molecular weight excluding hydrogens is 372 g/mol. The predicted octanol–water partition coefficient (Wildman–Crippen LogP) is 3.12. The minimum absolute atomic E-state index is 0.0191. The summed E-state index contributed by atoms with van der Waals surface area (Å²) in [6, 6.07) is 9.84. The second-order valence-electron chi connectivity index (χ2n) is 6.42. The third-order valence-electron chi connectivity index (χ3n) is 4.09. The number of carbonyl (C=O) groups is 1. The first-order chi connectivity index (χ1) is 13.6. The number of ether oxygens (including phenoxy) is 1. The molecule has 3 N–H and O–H groups in total. The Morgan fingerprint density at radius 3 is 2.71 bits per heavy atom. The van der Waals surface area contributed by atoms with Gasteiger partial charge < -0.3 is 20.7 Å². The average molecular weight is 403 g/mol. The first-order valence-corrected chi connectivity index (χ1v) is 10.6. The maximum atomic E-state index is 11.5. The number of aliphatic imine (C=N–C) groups is 1. The first kappa shape index (κ1) is 21.8. The van der Waals surface area contributed by atoms with Crippen molar-refractivity contribution in [2.45, 2.75) is 33.2 Å². The van der Waals surface area contributed by atoms with Crippen LogP contribution in [0, 0.1) is 0 Å². The molecule has 1 heterocycles. The van der Waals surface area contributed by atoms with Crippen molar-refractivity contribution in [3.8, 4) is 5.75 Å². The molecular formula is C21H30N4O2S. The summed E-state index contributed by atoms with van der Waals surface area (Å²) in [5.41, 5.74) is 2.36. The largest absolute Gasteiger partial charge is 0.484 e. The van der Waals surface area contributed by atoms with E-state index in [-0.39, 0.29) is 12.5 Å². The Morgan fingerprint density at radius 2 is 2.00 bits per heavy atom. The third-order valence-corrected chi connectivity index (χ3v) is 4.80. The van der Waals surface area contributed by atoms with Gasteiger partial charge in [-0.15, -0.1) is 0 Å². The zero-order chi connectivity index (χ0) is 20.2. The van der Waals surface area contributed by atoms with Gasteiger partial charge in [-0.1, -0.05) is 19.1 Å². The highest BCUT2D eigenvalue weighted by Gasteiger charge is 2.07. The molecule has 0 saturated heterocycles. The van der Waals surface area contributed by atoms with E-state index in [1.54, 1.807) is 11.3 Å². The van der Waals surface area contributed by atoms with Gasteiger partial charge in [0.05, 0.1) is 6.54 Å². The van der Waals surface area contributed by atoms with Gasteiger partial charge in [-0.05, 0) is 59.9 Å². The maximum Gasteiger partial charge on any atom is 0.257 e. The number of benzene rings is 1. The highest BCUT2D eigenvalue weighted by molar-refractivity contribution is 7.07. The van der Waals surface area contributed by atoms with Crippen LogP contribution in [-0.4, -0.2) is 38.1 Å². The molecule has 0 saturated carbocycles. The van der Waals surface area contributed by atoms with E-state index in [0.29, 0.717) is 24.8 Å². The second-order valence-corrected chi connectivity index (χ2v) is 7.20. The highest BCUT2D eigenvalue weighted by atomic mass is 32.1. The number of nitrogens with one attached hydrogen (secondary N) is 3. The van der Waals surface area contributed by atoms with E-state index in [1.165, 1.54) is 5.56 Å². The van der Waals surface area contributed by atoms with Crippen LogP contribution >= 0.6 is 11.3 Å². The molecule has 0 bridgehead atoms. The Bertz CT molecular complexity index is 747. The number of nitrogens with zero attached hydrogens (tertiary/aromatic N) is 1. The number of guanidine groups is 1. The molecule has 0 aliphatic heterocycles. The molecule has 6 nitrogen and oxygen atoms in total. The number of thiophene rings is 1. The number of rotatable bonds is 10. The summed E-state index contributed by atoms with van der Waals surface area (Å²) < 4.78 is 5.54. The van der Waals surface area contributed by atoms with Gasteiger partial charge in [-0.2, -0.15) is 11.3 Å². The van der Waals surface area contributed by atoms with Gasteiger partial charge in [0, 0.05) is 19.6 Å². The predicted molar refractivity (Wildman–Crippen MR) is 116 cm³/mol. The van der Waals surface area contributed by atoms with Crippen LogP contribution in [0.25, 0.3) is 0 Å². The Hall–Kier alpha value is -2.54. The molecule has 1 unspecified atom stereocenters. The summed E-state index contributed by atoms with van der Waals surface area (Å²) >= 11 is 1.72. The van der Waals surface area contributed by atoms with E-state index < -0.39 is 0 Å². The van der Waals surface area contributed by atoms with Gasteiger partial charge in [0.2, 0.25) is 0 Å². The zero-order valence-electron chi connectivity index (χ0n) is 16.8. The average Bonchev–Trinajstić information content (AvgIpc) is 3.24. The van der Waals surface area contributed by atoms with Crippen molar-refractivity contribution in [3.05, 3.63) is 52.2 Å². The fourth-order valence-corrected chi connectivity index (χ4v) is 3.35. The first-order valence-electron chi connectivity index (χ1n) is 9.65. The number of carbonyl (C=O) groups excluding carboxylic acids is 1. The van der Waals surface area contributed by atoms with E-state index >= 15 is 0 Å². The molecule has 0 spiro atoms. The third kappa shape index (κ3) is 7.60. The molecule has 1 amide bonds. The summed E-state index contributed by atoms with van der Waals surface area (Å²) in [5.74, 6) is 1.76. The summed E-state index contributed by atoms with van der Waals surface area (Å²) in [4.78, 5) is 16.2. The molecule has 152 valence electrons. The second kappa shape index (κ2) is 12.0. The Labute approximate surface area is 171 Å². The van der Waals surface area contributed by atoms with Crippen LogP contribution in [0.3, 0.4) is 0 Å².